The summed E-state index contributed by atoms with van der Waals surface area (Å²) in [5, 5.41) is 0. The first kappa shape index (κ1) is 22.2. The van der Waals surface area contributed by atoms with Gasteiger partial charge >= 0.3 is 0 Å². The molecule has 0 saturated heterocycles. The van der Waals surface area contributed by atoms with Crippen LogP contribution in [0.4, 0.5) is 0 Å². The number of methoxy groups -OCH3 is 1. The maximum Gasteiger partial charge on any atom is 0.279 e. The Hall–Kier alpha value is -2.49. The van der Waals surface area contributed by atoms with Crippen LogP contribution in [0, 0.1) is 0 Å². The summed E-state index contributed by atoms with van der Waals surface area (Å²) in [5.41, 5.74) is 1.23. The quantitative estimate of drug-likeness (QED) is 0.579. The van der Waals surface area contributed by atoms with Crippen molar-refractivity contribution in [1.29, 1.82) is 0 Å². The van der Waals surface area contributed by atoms with Gasteiger partial charge < -0.3 is 9.30 Å². The van der Waals surface area contributed by atoms with Crippen molar-refractivity contribution in [3.63, 3.8) is 0 Å². The van der Waals surface area contributed by atoms with E-state index >= 15 is 0 Å². The number of ether oxygens (including phenoxy) is 1. The third-order valence-corrected chi connectivity index (χ3v) is 7.99. The van der Waals surface area contributed by atoms with E-state index in [0.29, 0.717) is 16.9 Å². The van der Waals surface area contributed by atoms with Crippen molar-refractivity contribution < 1.29 is 17.9 Å². The molecule has 160 valence electrons. The molecule has 0 bridgehead atoms. The number of carbonyl (C=O) groups excluding carboxylic acids is 1. The van der Waals surface area contributed by atoms with Crippen LogP contribution in [0.5, 0.6) is 5.75 Å². The number of aromatic nitrogens is 1. The van der Waals surface area contributed by atoms with Crippen molar-refractivity contribution in [2.24, 2.45) is 4.99 Å². The molecule has 0 spiro atoms. The van der Waals surface area contributed by atoms with Gasteiger partial charge in [-0.2, -0.15) is 9.30 Å². The normalized spacial score (nSPS) is 12.8. The van der Waals surface area contributed by atoms with Crippen LogP contribution in [0.2, 0.25) is 0 Å². The van der Waals surface area contributed by atoms with Gasteiger partial charge in [-0.15, -0.1) is 0 Å². The average molecular weight is 448 g/mol. The van der Waals surface area contributed by atoms with E-state index in [2.05, 4.69) is 4.99 Å². The summed E-state index contributed by atoms with van der Waals surface area (Å²) in [6, 6.07) is 11.5. The minimum Gasteiger partial charge on any atom is -0.495 e. The van der Waals surface area contributed by atoms with Crippen molar-refractivity contribution in [2.75, 3.05) is 14.2 Å². The van der Waals surface area contributed by atoms with Gasteiger partial charge in [0.1, 0.15) is 11.3 Å². The molecule has 7 nitrogen and oxygen atoms in total. The van der Waals surface area contributed by atoms with Crippen molar-refractivity contribution in [1.82, 2.24) is 8.87 Å². The van der Waals surface area contributed by atoms with Crippen LogP contribution in [0.1, 0.15) is 31.1 Å². The minimum absolute atomic E-state index is 0.144. The molecule has 3 rings (SSSR count). The Morgan fingerprint density at radius 1 is 1.20 bits per heavy atom. The van der Waals surface area contributed by atoms with Gasteiger partial charge in [-0.3, -0.25) is 4.79 Å². The first-order chi connectivity index (χ1) is 14.2. The number of rotatable bonds is 6. The molecule has 0 aliphatic heterocycles. The fourth-order valence-corrected chi connectivity index (χ4v) is 5.48. The van der Waals surface area contributed by atoms with Crippen LogP contribution in [0.15, 0.2) is 52.4 Å². The molecule has 1 heterocycles. The van der Waals surface area contributed by atoms with Crippen molar-refractivity contribution >= 4 is 37.5 Å². The lowest BCUT2D eigenvalue weighted by Gasteiger charge is -2.20. The van der Waals surface area contributed by atoms with Crippen LogP contribution in [-0.2, 0) is 16.6 Å². The zero-order valence-electron chi connectivity index (χ0n) is 17.6. The molecule has 0 aliphatic rings. The van der Waals surface area contributed by atoms with E-state index in [0.717, 1.165) is 16.0 Å². The predicted octanol–water partition coefficient (Wildman–Crippen LogP) is 3.50. The number of amides is 1. The molecule has 2 aromatic carbocycles. The summed E-state index contributed by atoms with van der Waals surface area (Å²) in [4.78, 5) is 17.8. The Kier molecular flexibility index (Phi) is 6.44. The zero-order valence-corrected chi connectivity index (χ0v) is 19.3. The maximum absolute atomic E-state index is 12.8. The summed E-state index contributed by atoms with van der Waals surface area (Å²) in [5.74, 6) is 0.298. The topological polar surface area (TPSA) is 81.0 Å². The highest BCUT2D eigenvalue weighted by molar-refractivity contribution is 7.89. The number of sulfonamides is 1. The third kappa shape index (κ3) is 4.05. The Morgan fingerprint density at radius 3 is 2.43 bits per heavy atom. The second-order valence-corrected chi connectivity index (χ2v) is 10.00. The standard InChI is InChI=1S/C21H25N3O4S2/c1-6-24-19-17(28-5)8-7-9-18(19)29-21(24)22-20(25)15-10-12-16(13-11-15)30(26,27)23(4)14(2)3/h7-14H,6H2,1-5H3. The van der Waals surface area contributed by atoms with Crippen LogP contribution in [0.25, 0.3) is 10.2 Å². The lowest BCUT2D eigenvalue weighted by Crippen LogP contribution is -2.33. The fraction of sp³-hybridized carbons (Fsp3) is 0.333. The Labute approximate surface area is 180 Å². The van der Waals surface area contributed by atoms with Crippen LogP contribution < -0.4 is 9.54 Å². The summed E-state index contributed by atoms with van der Waals surface area (Å²) >= 11 is 1.41. The molecular formula is C21H25N3O4S2. The van der Waals surface area contributed by atoms with Crippen molar-refractivity contribution in [2.45, 2.75) is 38.3 Å². The Balaban J connectivity index is 2.00. The average Bonchev–Trinajstić information content (AvgIpc) is 3.10. The first-order valence-corrected chi connectivity index (χ1v) is 11.8. The number of fused-ring (bicyclic) bond motifs is 1. The highest BCUT2D eigenvalue weighted by Crippen LogP contribution is 2.27. The molecule has 0 fully saturated rings. The SMILES string of the molecule is CCn1c(=NC(=O)c2ccc(S(=O)(=O)N(C)C(C)C)cc2)sc2cccc(OC)c21. The van der Waals surface area contributed by atoms with E-state index in [1.54, 1.807) is 21.0 Å². The molecule has 0 atom stereocenters. The number of hydrogen-bond acceptors (Lipinski definition) is 5. The second-order valence-electron chi connectivity index (χ2n) is 6.99. The maximum atomic E-state index is 12.8. The number of para-hydroxylation sites is 1. The first-order valence-electron chi connectivity index (χ1n) is 9.54. The minimum atomic E-state index is -3.60. The van der Waals surface area contributed by atoms with Gasteiger partial charge in [-0.25, -0.2) is 8.42 Å². The van der Waals surface area contributed by atoms with E-state index in [1.165, 1.54) is 47.0 Å². The largest absolute Gasteiger partial charge is 0.495 e. The van der Waals surface area contributed by atoms with Crippen molar-refractivity contribution in [3.05, 3.63) is 52.8 Å². The van der Waals surface area contributed by atoms with Crippen LogP contribution in [0.3, 0.4) is 0 Å². The Bertz CT molecular complexity index is 1240. The molecule has 9 heteroatoms. The molecule has 0 aliphatic carbocycles. The lowest BCUT2D eigenvalue weighted by atomic mass is 10.2. The van der Waals surface area contributed by atoms with Gasteiger partial charge in [-0.05, 0) is 57.2 Å². The van der Waals surface area contributed by atoms with Crippen LogP contribution in [-0.4, -0.2) is 43.4 Å². The monoisotopic (exact) mass is 447 g/mol. The highest BCUT2D eigenvalue weighted by Gasteiger charge is 2.23. The van der Waals surface area contributed by atoms with E-state index in [4.69, 9.17) is 4.74 Å². The van der Waals surface area contributed by atoms with Gasteiger partial charge in [-0.1, -0.05) is 17.4 Å². The number of thiazole rings is 1. The number of aryl methyl sites for hydroxylation is 1. The molecule has 30 heavy (non-hydrogen) atoms. The molecule has 0 saturated carbocycles. The zero-order chi connectivity index (χ0) is 22.1. The number of benzene rings is 2. The smallest absolute Gasteiger partial charge is 0.279 e. The molecule has 3 aromatic rings. The molecule has 0 radical (unpaired) electrons. The summed E-state index contributed by atoms with van der Waals surface area (Å²) in [6.45, 7) is 6.22. The Morgan fingerprint density at radius 2 is 1.87 bits per heavy atom. The van der Waals surface area contributed by atoms with E-state index in [1.807, 2.05) is 29.7 Å². The van der Waals surface area contributed by atoms with Crippen LogP contribution >= 0.6 is 11.3 Å². The van der Waals surface area contributed by atoms with E-state index < -0.39 is 15.9 Å². The molecule has 0 unspecified atom stereocenters. The highest BCUT2D eigenvalue weighted by atomic mass is 32.2. The van der Waals surface area contributed by atoms with Gasteiger partial charge in [0, 0.05) is 25.2 Å². The summed E-state index contributed by atoms with van der Waals surface area (Å²) < 4.78 is 34.8. The van der Waals surface area contributed by atoms with Crippen molar-refractivity contribution in [3.8, 4) is 5.75 Å². The summed E-state index contributed by atoms with van der Waals surface area (Å²) in [7, 11) is -0.453. The van der Waals surface area contributed by atoms with Gasteiger partial charge in [0.15, 0.2) is 4.80 Å². The summed E-state index contributed by atoms with van der Waals surface area (Å²) in [6.07, 6.45) is 0. The van der Waals surface area contributed by atoms with Gasteiger partial charge in [0.05, 0.1) is 16.7 Å². The fourth-order valence-electron chi connectivity index (χ4n) is 3.01. The number of hydrogen-bond donors (Lipinski definition) is 0. The molecular weight excluding hydrogens is 422 g/mol. The molecule has 1 amide bonds. The van der Waals surface area contributed by atoms with Gasteiger partial charge in [0.2, 0.25) is 10.0 Å². The molecule has 1 aromatic heterocycles. The predicted molar refractivity (Wildman–Crippen MR) is 118 cm³/mol. The van der Waals surface area contributed by atoms with Gasteiger partial charge in [0.25, 0.3) is 5.91 Å². The third-order valence-electron chi connectivity index (χ3n) is 4.90. The van der Waals surface area contributed by atoms with E-state index in [-0.39, 0.29) is 10.9 Å². The number of nitrogens with zero attached hydrogens (tertiary/aromatic N) is 3. The number of carbonyl (C=O) groups is 1. The lowest BCUT2D eigenvalue weighted by molar-refractivity contribution is 0.0997. The molecule has 0 N–H and O–H groups in total. The second kappa shape index (κ2) is 8.71. The van der Waals surface area contributed by atoms with E-state index in [9.17, 15) is 13.2 Å².